The fourth-order valence-electron chi connectivity index (χ4n) is 11.4. The molecule has 0 unspecified atom stereocenters. The van der Waals surface area contributed by atoms with Crippen molar-refractivity contribution in [2.24, 2.45) is 12.8 Å². The number of imidazole rings is 1. The first-order chi connectivity index (χ1) is 40.8. The number of hydrogen-bond donors (Lipinski definition) is 1. The second kappa shape index (κ2) is 23.8. The molecule has 2 amide bonds. The van der Waals surface area contributed by atoms with Gasteiger partial charge in [0.1, 0.15) is 0 Å². The number of fused-ring (bicyclic) bond motifs is 4. The van der Waals surface area contributed by atoms with Crippen LogP contribution in [0.1, 0.15) is 39.2 Å². The zero-order valence-electron chi connectivity index (χ0n) is 46.7. The van der Waals surface area contributed by atoms with E-state index in [0.29, 0.717) is 136 Å². The van der Waals surface area contributed by atoms with E-state index in [2.05, 4.69) is 49.6 Å². The molecule has 4 aliphatic rings. The molecule has 0 spiro atoms. The van der Waals surface area contributed by atoms with Gasteiger partial charge in [-0.3, -0.25) is 28.6 Å². The van der Waals surface area contributed by atoms with Crippen molar-refractivity contribution in [1.29, 1.82) is 0 Å². The van der Waals surface area contributed by atoms with E-state index in [4.69, 9.17) is 20.2 Å². The third-order valence-corrected chi connectivity index (χ3v) is 16.2. The van der Waals surface area contributed by atoms with E-state index >= 15 is 13.2 Å². The average molecular weight is 1150 g/mol. The second-order valence-corrected chi connectivity index (χ2v) is 21.2. The van der Waals surface area contributed by atoms with Crippen molar-refractivity contribution in [3.8, 4) is 22.7 Å². The number of amides is 2. The predicted molar refractivity (Wildman–Crippen MR) is 308 cm³/mol. The van der Waals surface area contributed by atoms with Crippen LogP contribution < -0.4 is 35.8 Å². The van der Waals surface area contributed by atoms with Crippen molar-refractivity contribution >= 4 is 57.3 Å². The number of hydrogen-bond acceptors (Lipinski definition) is 19. The average Bonchev–Trinajstić information content (AvgIpc) is 1.83. The van der Waals surface area contributed by atoms with Crippen molar-refractivity contribution in [2.45, 2.75) is 32.1 Å². The van der Waals surface area contributed by atoms with Crippen LogP contribution in [0.2, 0.25) is 0 Å². The van der Waals surface area contributed by atoms with Crippen molar-refractivity contribution in [2.75, 3.05) is 132 Å². The minimum Gasteiger partial charge on any atom is -0.481 e. The van der Waals surface area contributed by atoms with Crippen molar-refractivity contribution < 1.29 is 32.2 Å². The molecule has 6 aromatic heterocycles. The number of methoxy groups -OCH3 is 1. The van der Waals surface area contributed by atoms with E-state index in [1.54, 1.807) is 72.4 Å². The summed E-state index contributed by atoms with van der Waals surface area (Å²) in [7, 11) is 3.11. The topological polar surface area (TPSA) is 231 Å². The number of carbonyl (C=O) groups excluding carboxylic acids is 2. The Balaban J connectivity index is 0.612. The van der Waals surface area contributed by atoms with Crippen molar-refractivity contribution in [3.05, 3.63) is 130 Å². The third kappa shape index (κ3) is 11.5. The summed E-state index contributed by atoms with van der Waals surface area (Å²) in [6, 6.07) is 13.2. The largest absolute Gasteiger partial charge is 0.481 e. The molecule has 0 atom stereocenters. The number of nitrogens with two attached hydrogens (primary N) is 1. The summed E-state index contributed by atoms with van der Waals surface area (Å²) in [5, 5.41) is 0.593. The van der Waals surface area contributed by atoms with Gasteiger partial charge in [0, 0.05) is 189 Å². The van der Waals surface area contributed by atoms with Gasteiger partial charge in [0.15, 0.2) is 0 Å². The number of ether oxygens (including phenoxy) is 2. The van der Waals surface area contributed by atoms with Gasteiger partial charge in [-0.1, -0.05) is 6.07 Å². The van der Waals surface area contributed by atoms with Gasteiger partial charge in [0.2, 0.25) is 29.6 Å². The number of nitrogens with zero attached hydrogens (tertiary/aromatic N) is 17. The minimum atomic E-state index is -4.74. The molecule has 2 aromatic carbocycles. The Labute approximate surface area is 481 Å². The highest BCUT2D eigenvalue weighted by Crippen LogP contribution is 2.40. The Morgan fingerprint density at radius 1 is 0.667 bits per heavy atom. The van der Waals surface area contributed by atoms with E-state index in [1.165, 1.54) is 22.3 Å². The lowest BCUT2D eigenvalue weighted by Gasteiger charge is -2.37. The van der Waals surface area contributed by atoms with Crippen LogP contribution in [0.25, 0.3) is 38.8 Å². The molecule has 12 rings (SSSR count). The Hall–Kier alpha value is -8.88. The summed E-state index contributed by atoms with van der Waals surface area (Å²) in [6.45, 7) is 9.63. The summed E-state index contributed by atoms with van der Waals surface area (Å²) < 4.78 is 59.2. The second-order valence-electron chi connectivity index (χ2n) is 21.2. The highest BCUT2D eigenvalue weighted by molar-refractivity contribution is 6.04. The van der Waals surface area contributed by atoms with Crippen LogP contribution >= 0.6 is 0 Å². The number of aromatic nitrogens is 10. The molecule has 0 radical (unpaired) electrons. The van der Waals surface area contributed by atoms with Crippen LogP contribution in [0.3, 0.4) is 0 Å². The predicted octanol–water partition coefficient (Wildman–Crippen LogP) is 4.20. The Bertz CT molecular complexity index is 3750. The fourth-order valence-corrected chi connectivity index (χ4v) is 11.4. The molecule has 0 bridgehead atoms. The first kappa shape index (κ1) is 55.6. The Morgan fingerprint density at radius 3 is 2.02 bits per heavy atom. The van der Waals surface area contributed by atoms with Gasteiger partial charge in [0.05, 0.1) is 72.0 Å². The maximum Gasteiger partial charge on any atom is 0.418 e. The summed E-state index contributed by atoms with van der Waals surface area (Å²) in [5.41, 5.74) is 10.3. The van der Waals surface area contributed by atoms with Gasteiger partial charge in [-0.2, -0.15) is 13.2 Å². The van der Waals surface area contributed by atoms with E-state index in [-0.39, 0.29) is 36.3 Å². The van der Waals surface area contributed by atoms with Gasteiger partial charge >= 0.3 is 11.9 Å². The maximum atomic E-state index is 15.1. The summed E-state index contributed by atoms with van der Waals surface area (Å²) >= 11 is 0. The standard InChI is InChI=1S/C58H63F3N18O5/c1-71-49-36-63-47-6-3-39(40-4-8-50(83-2)64-32-40)27-44(47)52(49)79(57(71)82)43-5-7-48(45(28-43)58(59,60)61)73-16-20-77(21-17-73)56-69-35-42-37-78(11-9-46(42)70-56)53(81)41-33-67-55(68-34-41)75-14-12-72(13-15-75)24-26-84-25-10-51(80)74-18-22-76(23-19-74)54-65-30-38(29-62)31-66-54/h3-8,27-28,30-36H,9-26,29,37,62H2,1-2H3. The Kier molecular flexibility index (Phi) is 15.7. The molecule has 10 heterocycles. The monoisotopic (exact) mass is 1150 g/mol. The lowest BCUT2D eigenvalue weighted by atomic mass is 10.0. The summed E-state index contributed by atoms with van der Waals surface area (Å²) in [5.74, 6) is 2.03. The first-order valence-corrected chi connectivity index (χ1v) is 28.1. The van der Waals surface area contributed by atoms with Crippen LogP contribution in [0.4, 0.5) is 36.7 Å². The Morgan fingerprint density at radius 2 is 1.33 bits per heavy atom. The lowest BCUT2D eigenvalue weighted by molar-refractivity contribution is -0.137. The molecule has 26 heteroatoms. The van der Waals surface area contributed by atoms with Gasteiger partial charge in [0.25, 0.3) is 5.91 Å². The minimum absolute atomic E-state index is 0.0146. The smallest absolute Gasteiger partial charge is 0.418 e. The lowest BCUT2D eigenvalue weighted by Crippen LogP contribution is -2.49. The highest BCUT2D eigenvalue weighted by atomic mass is 19.4. The van der Waals surface area contributed by atoms with Crippen molar-refractivity contribution in [3.63, 3.8) is 0 Å². The van der Waals surface area contributed by atoms with Gasteiger partial charge in [-0.05, 0) is 42.0 Å². The molecule has 84 heavy (non-hydrogen) atoms. The molecule has 436 valence electrons. The van der Waals surface area contributed by atoms with E-state index in [1.807, 2.05) is 34.1 Å². The number of pyridine rings is 2. The molecule has 8 aromatic rings. The van der Waals surface area contributed by atoms with Crippen LogP contribution in [-0.2, 0) is 42.3 Å². The zero-order chi connectivity index (χ0) is 58.1. The summed E-state index contributed by atoms with van der Waals surface area (Å²) in [4.78, 5) is 90.7. The molecule has 23 nitrogen and oxygen atoms in total. The molecular formula is C58H63F3N18O5. The fraction of sp³-hybridized carbons (Fsp3) is 0.397. The number of piperazine rings is 3. The molecule has 4 aliphatic heterocycles. The first-order valence-electron chi connectivity index (χ1n) is 28.1. The summed E-state index contributed by atoms with van der Waals surface area (Å²) in [6.07, 6.45) is 7.69. The van der Waals surface area contributed by atoms with E-state index in [9.17, 15) is 14.4 Å². The normalized spacial score (nSPS) is 16.2. The highest BCUT2D eigenvalue weighted by Gasteiger charge is 2.37. The molecule has 2 N–H and O–H groups in total. The van der Waals surface area contributed by atoms with Crippen LogP contribution in [-0.4, -0.2) is 187 Å². The number of anilines is 4. The van der Waals surface area contributed by atoms with E-state index < -0.39 is 17.4 Å². The van der Waals surface area contributed by atoms with E-state index in [0.717, 1.165) is 66.7 Å². The quantitative estimate of drug-likeness (QED) is 0.142. The molecule has 0 saturated carbocycles. The number of rotatable bonds is 15. The number of benzene rings is 2. The molecule has 0 aliphatic carbocycles. The van der Waals surface area contributed by atoms with Gasteiger partial charge < -0.3 is 44.6 Å². The number of aryl methyl sites for hydroxylation is 1. The van der Waals surface area contributed by atoms with Crippen LogP contribution in [0.15, 0.2) is 96.7 Å². The van der Waals surface area contributed by atoms with Crippen molar-refractivity contribution in [1.82, 2.24) is 63.7 Å². The molecule has 3 fully saturated rings. The van der Waals surface area contributed by atoms with Gasteiger partial charge in [-0.25, -0.2) is 39.7 Å². The molecular weight excluding hydrogens is 1090 g/mol. The maximum absolute atomic E-state index is 15.1. The van der Waals surface area contributed by atoms with Gasteiger partial charge in [-0.15, -0.1) is 0 Å². The number of halogens is 3. The molecule has 3 saturated heterocycles. The van der Waals surface area contributed by atoms with Crippen LogP contribution in [0.5, 0.6) is 5.88 Å². The van der Waals surface area contributed by atoms with Crippen LogP contribution in [0, 0.1) is 0 Å². The number of alkyl halides is 3. The zero-order valence-corrected chi connectivity index (χ0v) is 46.7. The number of carbonyl (C=O) groups is 2. The third-order valence-electron chi connectivity index (χ3n) is 16.2. The SMILES string of the molecule is COc1ccc(-c2ccc3ncc4c(c3c2)n(-c2ccc(N3CCN(c5ncc6c(n5)CCN(C(=O)c5cnc(N7CCN(CCOCCC(=O)N8CCN(c9ncc(CN)cn9)CC8)CC7)nc5)C6)CC3)c(C(F)(F)F)c2)c(=O)n4C)cn1.